The van der Waals surface area contributed by atoms with E-state index >= 15 is 0 Å². The number of halogens is 3. The summed E-state index contributed by atoms with van der Waals surface area (Å²) in [6, 6.07) is 10.2. The Hall–Kier alpha value is 0.0243. The van der Waals surface area contributed by atoms with Gasteiger partial charge < -0.3 is 37.2 Å². The second-order valence-electron chi connectivity index (χ2n) is 3.07. The minimum Gasteiger partial charge on any atom is -1.00 e. The fourth-order valence-corrected chi connectivity index (χ4v) is 1.42. The molecule has 0 nitrogen and oxygen atoms in total. The topological polar surface area (TPSA) is 0 Å². The standard InChI is InChI=1S/C13H11.3ClH.Ti/c1-11(13-9-5-6-10-13)12-7-3-2-4-8-12;;;;/h2-8H,1,9H2;3*1H;/q-1;;;;+4/p-3. The Labute approximate surface area is 136 Å². The zero-order valence-electron chi connectivity index (χ0n) is 9.09. The molecule has 0 saturated heterocycles. The van der Waals surface area contributed by atoms with Gasteiger partial charge in [-0.3, -0.25) is 0 Å². The summed E-state index contributed by atoms with van der Waals surface area (Å²) in [6.45, 7) is 4.07. The van der Waals surface area contributed by atoms with Crippen molar-refractivity contribution < 1.29 is 58.9 Å². The Morgan fingerprint density at radius 3 is 2.12 bits per heavy atom. The molecule has 17 heavy (non-hydrogen) atoms. The van der Waals surface area contributed by atoms with Gasteiger partial charge in [0, 0.05) is 0 Å². The summed E-state index contributed by atoms with van der Waals surface area (Å²) in [5.41, 5.74) is 3.48. The van der Waals surface area contributed by atoms with E-state index in [9.17, 15) is 0 Å². The fourth-order valence-electron chi connectivity index (χ4n) is 1.42. The van der Waals surface area contributed by atoms with Crippen LogP contribution >= 0.6 is 0 Å². The van der Waals surface area contributed by atoms with Crippen LogP contribution in [0.5, 0.6) is 0 Å². The molecule has 0 fully saturated rings. The number of hydrogen-bond acceptors (Lipinski definition) is 0. The van der Waals surface area contributed by atoms with E-state index in [1.54, 1.807) is 0 Å². The molecule has 1 aliphatic rings. The zero-order valence-corrected chi connectivity index (χ0v) is 12.9. The van der Waals surface area contributed by atoms with Gasteiger partial charge in [0.1, 0.15) is 0 Å². The van der Waals surface area contributed by atoms with Crippen molar-refractivity contribution >= 4 is 5.57 Å². The first-order chi connectivity index (χ1) is 6.38. The molecule has 0 saturated carbocycles. The van der Waals surface area contributed by atoms with Crippen molar-refractivity contribution in [2.45, 2.75) is 6.42 Å². The van der Waals surface area contributed by atoms with E-state index in [0.29, 0.717) is 0 Å². The van der Waals surface area contributed by atoms with E-state index in [-0.39, 0.29) is 58.9 Å². The molecule has 0 bridgehead atoms. The molecule has 0 aromatic heterocycles. The van der Waals surface area contributed by atoms with Crippen molar-refractivity contribution in [3.05, 3.63) is 66.3 Å². The summed E-state index contributed by atoms with van der Waals surface area (Å²) in [4.78, 5) is 0. The molecule has 0 heterocycles. The molecule has 0 radical (unpaired) electrons. The van der Waals surface area contributed by atoms with Crippen molar-refractivity contribution in [3.63, 3.8) is 0 Å². The second-order valence-corrected chi connectivity index (χ2v) is 3.07. The van der Waals surface area contributed by atoms with Crippen LogP contribution in [-0.2, 0) is 21.7 Å². The van der Waals surface area contributed by atoms with Crippen molar-refractivity contribution in [2.75, 3.05) is 0 Å². The van der Waals surface area contributed by atoms with Crippen LogP contribution in [-0.4, -0.2) is 0 Å². The normalized spacial score (nSPS) is 10.9. The van der Waals surface area contributed by atoms with Crippen molar-refractivity contribution in [1.29, 1.82) is 0 Å². The second kappa shape index (κ2) is 11.1. The van der Waals surface area contributed by atoms with E-state index < -0.39 is 0 Å². The molecular weight excluding hydrogens is 310 g/mol. The van der Waals surface area contributed by atoms with Crippen LogP contribution in [0.3, 0.4) is 0 Å². The van der Waals surface area contributed by atoms with Gasteiger partial charge in [0.25, 0.3) is 0 Å². The van der Waals surface area contributed by atoms with E-state index in [0.717, 1.165) is 12.0 Å². The molecule has 88 valence electrons. The predicted octanol–water partition coefficient (Wildman–Crippen LogP) is -5.60. The van der Waals surface area contributed by atoms with Gasteiger partial charge in [0.05, 0.1) is 0 Å². The first-order valence-electron chi connectivity index (χ1n) is 4.40. The molecule has 1 aromatic rings. The van der Waals surface area contributed by atoms with Gasteiger partial charge >= 0.3 is 21.7 Å². The molecular formula is C13H11Cl3Ti. The summed E-state index contributed by atoms with van der Waals surface area (Å²) < 4.78 is 0. The largest absolute Gasteiger partial charge is 4.00 e. The average Bonchev–Trinajstić information content (AvgIpc) is 2.71. The van der Waals surface area contributed by atoms with E-state index in [2.05, 4.69) is 30.9 Å². The molecule has 0 amide bonds. The maximum absolute atomic E-state index is 4.07. The molecule has 1 aromatic carbocycles. The molecule has 0 aliphatic heterocycles. The summed E-state index contributed by atoms with van der Waals surface area (Å²) in [5.74, 6) is 0. The number of rotatable bonds is 2. The van der Waals surface area contributed by atoms with Gasteiger partial charge in [-0.2, -0.15) is 23.8 Å². The van der Waals surface area contributed by atoms with Gasteiger partial charge in [-0.25, -0.2) is 0 Å². The van der Waals surface area contributed by atoms with Gasteiger partial charge in [-0.1, -0.05) is 42.3 Å². The third-order valence-electron chi connectivity index (χ3n) is 2.18. The minimum atomic E-state index is 0. The smallest absolute Gasteiger partial charge is 1.00 e. The van der Waals surface area contributed by atoms with Crippen LogP contribution in [0.4, 0.5) is 0 Å². The van der Waals surface area contributed by atoms with Gasteiger partial charge in [-0.15, -0.1) is 12.2 Å². The third-order valence-corrected chi connectivity index (χ3v) is 2.18. The first kappa shape index (κ1) is 22.2. The van der Waals surface area contributed by atoms with E-state index in [1.807, 2.05) is 24.3 Å². The average molecular weight is 321 g/mol. The number of allylic oxidation sites excluding steroid dienone is 5. The van der Waals surface area contributed by atoms with E-state index in [1.165, 1.54) is 11.1 Å². The third kappa shape index (κ3) is 5.95. The minimum absolute atomic E-state index is 0. The predicted molar refractivity (Wildman–Crippen MR) is 56.0 cm³/mol. The summed E-state index contributed by atoms with van der Waals surface area (Å²) in [5, 5.41) is 0. The molecule has 0 atom stereocenters. The van der Waals surface area contributed by atoms with Crippen LogP contribution in [0.2, 0.25) is 0 Å². The molecule has 0 N–H and O–H groups in total. The van der Waals surface area contributed by atoms with Crippen LogP contribution in [0.15, 0.2) is 54.6 Å². The number of hydrogen-bond donors (Lipinski definition) is 0. The van der Waals surface area contributed by atoms with Crippen LogP contribution in [0, 0.1) is 6.08 Å². The van der Waals surface area contributed by atoms with Gasteiger partial charge in [0.2, 0.25) is 0 Å². The van der Waals surface area contributed by atoms with Crippen LogP contribution in [0.1, 0.15) is 12.0 Å². The Balaban J connectivity index is -0.000000490. The number of benzene rings is 1. The van der Waals surface area contributed by atoms with Crippen LogP contribution < -0.4 is 37.2 Å². The Bertz CT molecular complexity index is 383. The monoisotopic (exact) mass is 320 g/mol. The summed E-state index contributed by atoms with van der Waals surface area (Å²) in [7, 11) is 0. The van der Waals surface area contributed by atoms with Crippen LogP contribution in [0.25, 0.3) is 5.57 Å². The molecule has 0 spiro atoms. The zero-order chi connectivity index (χ0) is 9.10. The molecule has 2 rings (SSSR count). The van der Waals surface area contributed by atoms with Gasteiger partial charge in [0.15, 0.2) is 0 Å². The molecule has 0 unspecified atom stereocenters. The molecule has 4 heteroatoms. The first-order valence-corrected chi connectivity index (χ1v) is 4.40. The van der Waals surface area contributed by atoms with E-state index in [4.69, 9.17) is 0 Å². The van der Waals surface area contributed by atoms with Crippen molar-refractivity contribution in [2.24, 2.45) is 0 Å². The Morgan fingerprint density at radius 2 is 1.65 bits per heavy atom. The maximum Gasteiger partial charge on any atom is 4.00 e. The Kier molecular flexibility index (Phi) is 14.6. The SMILES string of the molecule is C=C(C1=[C-]C=CC1)c1ccccc1.[Cl-].[Cl-].[Cl-].[Ti+4]. The van der Waals surface area contributed by atoms with Gasteiger partial charge in [-0.05, 0) is 0 Å². The maximum atomic E-state index is 4.07. The Morgan fingerprint density at radius 1 is 1.06 bits per heavy atom. The fraction of sp³-hybridized carbons (Fsp3) is 0.0769. The molecule has 1 aliphatic carbocycles. The van der Waals surface area contributed by atoms with Crippen molar-refractivity contribution in [1.82, 2.24) is 0 Å². The summed E-state index contributed by atoms with van der Waals surface area (Å²) in [6.07, 6.45) is 8.22. The van der Waals surface area contributed by atoms with Crippen molar-refractivity contribution in [3.8, 4) is 0 Å². The summed E-state index contributed by atoms with van der Waals surface area (Å²) >= 11 is 0. The quantitative estimate of drug-likeness (QED) is 0.376.